The topological polar surface area (TPSA) is 85.4 Å². The lowest BCUT2D eigenvalue weighted by Gasteiger charge is -2.39. The Hall–Kier alpha value is -1.83. The van der Waals surface area contributed by atoms with Crippen molar-refractivity contribution >= 4 is 18.0 Å². The zero-order chi connectivity index (χ0) is 28.0. The van der Waals surface area contributed by atoms with Crippen molar-refractivity contribution in [1.29, 1.82) is 0 Å². The van der Waals surface area contributed by atoms with Crippen LogP contribution in [0.3, 0.4) is 0 Å². The van der Waals surface area contributed by atoms with Gasteiger partial charge in [-0.1, -0.05) is 90.9 Å². The van der Waals surface area contributed by atoms with Gasteiger partial charge in [0.1, 0.15) is 13.2 Å². The molecule has 0 radical (unpaired) electrons. The molecule has 1 atom stereocenters. The average molecular weight is 541 g/mol. The van der Waals surface area contributed by atoms with Crippen LogP contribution in [0.15, 0.2) is 0 Å². The largest absolute Gasteiger partial charge is 0.462 e. The van der Waals surface area contributed by atoms with Gasteiger partial charge in [-0.25, -0.2) is 4.79 Å². The number of nitrogens with zero attached hydrogens (tertiary/aromatic N) is 2. The van der Waals surface area contributed by atoms with Gasteiger partial charge < -0.3 is 24.0 Å². The van der Waals surface area contributed by atoms with E-state index in [1.807, 2.05) is 14.1 Å². The predicted octanol–water partition coefficient (Wildman–Crippen LogP) is 6.35. The zero-order valence-corrected chi connectivity index (χ0v) is 24.8. The first-order valence-electron chi connectivity index (χ1n) is 15.3. The molecule has 0 aromatic heterocycles. The molecular formula is C30H56N2O6. The highest BCUT2D eigenvalue weighted by atomic mass is 16.6. The van der Waals surface area contributed by atoms with Crippen LogP contribution in [0.4, 0.5) is 4.79 Å². The van der Waals surface area contributed by atoms with Crippen LogP contribution >= 0.6 is 0 Å². The van der Waals surface area contributed by atoms with Crippen LogP contribution in [0, 0.1) is 5.92 Å². The number of carbonyl (C=O) groups is 3. The highest BCUT2D eigenvalue weighted by Gasteiger charge is 2.32. The third-order valence-electron chi connectivity index (χ3n) is 6.93. The molecule has 0 N–H and O–H groups in total. The summed E-state index contributed by atoms with van der Waals surface area (Å²) in [5.41, 5.74) is 0. The number of amides is 1. The molecule has 0 spiro atoms. The van der Waals surface area contributed by atoms with E-state index in [9.17, 15) is 14.4 Å². The standard InChI is InChI=1S/C30H56N2O6/c1-5-7-9-11-13-15-17-19-28(33)36-24-27(38-29(34)20-18-16-14-12-10-8-6-2)25-37-30(35)32-22-26(23-32)21-31(3)4/h26-27H,5-25H2,1-4H3. The molecule has 0 saturated carbocycles. The summed E-state index contributed by atoms with van der Waals surface area (Å²) in [5.74, 6) is -0.189. The third kappa shape index (κ3) is 17.6. The van der Waals surface area contributed by atoms with Crippen LogP contribution < -0.4 is 0 Å². The van der Waals surface area contributed by atoms with Gasteiger partial charge in [0.2, 0.25) is 0 Å². The summed E-state index contributed by atoms with van der Waals surface area (Å²) in [7, 11) is 4.03. The molecule has 0 bridgehead atoms. The minimum absolute atomic E-state index is 0.0887. The molecule has 1 aliphatic rings. The number of hydrogen-bond donors (Lipinski definition) is 0. The molecule has 222 valence electrons. The van der Waals surface area contributed by atoms with Gasteiger partial charge >= 0.3 is 18.0 Å². The second kappa shape index (κ2) is 22.0. The molecule has 0 aromatic carbocycles. The summed E-state index contributed by atoms with van der Waals surface area (Å²) in [5, 5.41) is 0. The minimum Gasteiger partial charge on any atom is -0.462 e. The second-order valence-electron chi connectivity index (χ2n) is 11.1. The van der Waals surface area contributed by atoms with Crippen LogP contribution in [0.5, 0.6) is 0 Å². The number of rotatable bonds is 23. The highest BCUT2D eigenvalue weighted by Crippen LogP contribution is 2.17. The maximum atomic E-state index is 12.4. The fourth-order valence-corrected chi connectivity index (χ4v) is 4.68. The quantitative estimate of drug-likeness (QED) is 0.0847. The van der Waals surface area contributed by atoms with E-state index in [0.29, 0.717) is 31.8 Å². The lowest BCUT2D eigenvalue weighted by Crippen LogP contribution is -2.53. The van der Waals surface area contributed by atoms with Crippen molar-refractivity contribution in [2.75, 3.05) is 46.9 Å². The monoisotopic (exact) mass is 540 g/mol. The Balaban J connectivity index is 2.38. The first kappa shape index (κ1) is 34.2. The average Bonchev–Trinajstić information content (AvgIpc) is 2.86. The lowest BCUT2D eigenvalue weighted by molar-refractivity contribution is -0.161. The Morgan fingerprint density at radius 3 is 1.71 bits per heavy atom. The molecule has 1 fully saturated rings. The van der Waals surface area contributed by atoms with Crippen molar-refractivity contribution in [3.8, 4) is 0 Å². The molecule has 8 heteroatoms. The minimum atomic E-state index is -0.784. The van der Waals surface area contributed by atoms with Gasteiger partial charge in [0.25, 0.3) is 0 Å². The van der Waals surface area contributed by atoms with Crippen molar-refractivity contribution in [3.63, 3.8) is 0 Å². The van der Waals surface area contributed by atoms with E-state index in [2.05, 4.69) is 18.7 Å². The number of ether oxygens (including phenoxy) is 3. The van der Waals surface area contributed by atoms with Crippen LogP contribution in [0.25, 0.3) is 0 Å². The predicted molar refractivity (Wildman–Crippen MR) is 151 cm³/mol. The number of esters is 2. The van der Waals surface area contributed by atoms with Crippen molar-refractivity contribution in [3.05, 3.63) is 0 Å². The summed E-state index contributed by atoms with van der Waals surface area (Å²) >= 11 is 0. The summed E-state index contributed by atoms with van der Waals surface area (Å²) < 4.78 is 16.4. The molecule has 1 heterocycles. The first-order valence-corrected chi connectivity index (χ1v) is 15.3. The summed E-state index contributed by atoms with van der Waals surface area (Å²) in [6.45, 7) is 6.44. The lowest BCUT2D eigenvalue weighted by atomic mass is 10.0. The van der Waals surface area contributed by atoms with Gasteiger partial charge in [-0.15, -0.1) is 0 Å². The fourth-order valence-electron chi connectivity index (χ4n) is 4.68. The van der Waals surface area contributed by atoms with Crippen LogP contribution in [0.1, 0.15) is 117 Å². The van der Waals surface area contributed by atoms with Gasteiger partial charge in [0.05, 0.1) is 0 Å². The second-order valence-corrected chi connectivity index (χ2v) is 11.1. The summed E-state index contributed by atoms with van der Waals surface area (Å²) in [6.07, 6.45) is 15.2. The van der Waals surface area contributed by atoms with Gasteiger partial charge in [0, 0.05) is 38.4 Å². The molecule has 1 rings (SSSR count). The molecule has 0 aliphatic carbocycles. The normalized spacial score (nSPS) is 14.3. The Bertz CT molecular complexity index is 636. The smallest absolute Gasteiger partial charge is 0.409 e. The Labute approximate surface area is 232 Å². The third-order valence-corrected chi connectivity index (χ3v) is 6.93. The maximum Gasteiger partial charge on any atom is 0.409 e. The van der Waals surface area contributed by atoms with Gasteiger partial charge in [0.15, 0.2) is 6.10 Å². The number of likely N-dealkylation sites (tertiary alicyclic amines) is 1. The zero-order valence-electron chi connectivity index (χ0n) is 24.8. The molecule has 1 unspecified atom stereocenters. The van der Waals surface area contributed by atoms with E-state index >= 15 is 0 Å². The van der Waals surface area contributed by atoms with Crippen molar-refractivity contribution in [1.82, 2.24) is 9.80 Å². The Kier molecular flexibility index (Phi) is 19.8. The molecule has 0 aromatic rings. The van der Waals surface area contributed by atoms with Crippen molar-refractivity contribution in [2.24, 2.45) is 5.92 Å². The fraction of sp³-hybridized carbons (Fsp3) is 0.900. The van der Waals surface area contributed by atoms with Gasteiger partial charge in [-0.3, -0.25) is 9.59 Å². The first-order chi connectivity index (χ1) is 18.3. The molecule has 1 amide bonds. The number of unbranched alkanes of at least 4 members (excludes halogenated alkanes) is 12. The van der Waals surface area contributed by atoms with Gasteiger partial charge in [-0.2, -0.15) is 0 Å². The molecule has 8 nitrogen and oxygen atoms in total. The maximum absolute atomic E-state index is 12.4. The van der Waals surface area contributed by atoms with Crippen LogP contribution in [0.2, 0.25) is 0 Å². The summed E-state index contributed by atoms with van der Waals surface area (Å²) in [4.78, 5) is 40.8. The van der Waals surface area contributed by atoms with E-state index in [4.69, 9.17) is 14.2 Å². The molecular weight excluding hydrogens is 484 g/mol. The van der Waals surface area contributed by atoms with Crippen LogP contribution in [-0.4, -0.2) is 80.9 Å². The van der Waals surface area contributed by atoms with E-state index in [1.165, 1.54) is 51.4 Å². The number of carbonyl (C=O) groups excluding carboxylic acids is 3. The van der Waals surface area contributed by atoms with E-state index in [0.717, 1.165) is 45.1 Å². The van der Waals surface area contributed by atoms with E-state index in [-0.39, 0.29) is 25.2 Å². The van der Waals surface area contributed by atoms with Crippen LogP contribution in [-0.2, 0) is 23.8 Å². The van der Waals surface area contributed by atoms with Crippen molar-refractivity contribution in [2.45, 2.75) is 123 Å². The Morgan fingerprint density at radius 1 is 0.711 bits per heavy atom. The Morgan fingerprint density at radius 2 is 1.18 bits per heavy atom. The molecule has 38 heavy (non-hydrogen) atoms. The molecule has 1 saturated heterocycles. The highest BCUT2D eigenvalue weighted by molar-refractivity contribution is 5.71. The summed E-state index contributed by atoms with van der Waals surface area (Å²) in [6, 6.07) is 0. The van der Waals surface area contributed by atoms with E-state index < -0.39 is 12.2 Å². The number of hydrogen-bond acceptors (Lipinski definition) is 7. The van der Waals surface area contributed by atoms with E-state index in [1.54, 1.807) is 4.90 Å². The van der Waals surface area contributed by atoms with Crippen molar-refractivity contribution < 1.29 is 28.6 Å². The van der Waals surface area contributed by atoms with Gasteiger partial charge in [-0.05, 0) is 26.9 Å². The molecule has 1 aliphatic heterocycles. The SMILES string of the molecule is CCCCCCCCCC(=O)OCC(COC(=O)N1CC(CN(C)C)C1)OC(=O)CCCCCCCCC.